The number of nitrogens with one attached hydrogen (secondary N) is 2. The van der Waals surface area contributed by atoms with Crippen molar-refractivity contribution in [2.45, 2.75) is 13.8 Å². The molecule has 0 unspecified atom stereocenters. The highest BCUT2D eigenvalue weighted by Gasteiger charge is 2.20. The molecule has 2 N–H and O–H groups in total. The fraction of sp³-hybridized carbons (Fsp3) is 0.111. The lowest BCUT2D eigenvalue weighted by atomic mass is 10.1. The number of H-pyrrole nitrogens is 1. The fourth-order valence-electron chi connectivity index (χ4n) is 2.62. The van der Waals surface area contributed by atoms with E-state index < -0.39 is 11.7 Å². The molecule has 4 nitrogen and oxygen atoms in total. The number of Topliss-reactive ketones (excluding diaryl/α,β-unsaturated/α-hetero) is 1. The predicted octanol–water partition coefficient (Wildman–Crippen LogP) is 3.61. The number of aryl methyl sites for hydroxylation is 2. The number of hydrogen-bond acceptors (Lipinski definition) is 2. The van der Waals surface area contributed by atoms with Crippen molar-refractivity contribution in [2.24, 2.45) is 0 Å². The Labute approximate surface area is 128 Å². The number of aromatic amines is 1. The molecule has 1 amide bonds. The van der Waals surface area contributed by atoms with Crippen LogP contribution in [0.2, 0.25) is 0 Å². The van der Waals surface area contributed by atoms with Gasteiger partial charge in [-0.05, 0) is 43.2 Å². The van der Waals surface area contributed by atoms with E-state index in [0.717, 1.165) is 22.0 Å². The van der Waals surface area contributed by atoms with Crippen molar-refractivity contribution in [3.05, 3.63) is 65.4 Å². The van der Waals surface area contributed by atoms with E-state index in [1.807, 2.05) is 56.3 Å². The molecule has 22 heavy (non-hydrogen) atoms. The zero-order valence-corrected chi connectivity index (χ0v) is 12.4. The first-order chi connectivity index (χ1) is 10.5. The van der Waals surface area contributed by atoms with Gasteiger partial charge in [-0.3, -0.25) is 9.59 Å². The van der Waals surface area contributed by atoms with Crippen molar-refractivity contribution in [3.8, 4) is 0 Å². The molecule has 4 heteroatoms. The van der Waals surface area contributed by atoms with Gasteiger partial charge in [0.05, 0.1) is 5.56 Å². The Morgan fingerprint density at radius 3 is 2.41 bits per heavy atom. The summed E-state index contributed by atoms with van der Waals surface area (Å²) < 4.78 is 0. The Hall–Kier alpha value is -2.88. The van der Waals surface area contributed by atoms with Crippen LogP contribution in [0.15, 0.2) is 48.7 Å². The first kappa shape index (κ1) is 14.1. The SMILES string of the molecule is Cc1cc(C)cc(NC(=O)C(=O)c2c[nH]c3ccccc23)c1. The summed E-state index contributed by atoms with van der Waals surface area (Å²) >= 11 is 0. The zero-order valence-electron chi connectivity index (χ0n) is 12.4. The van der Waals surface area contributed by atoms with E-state index in [2.05, 4.69) is 10.3 Å². The highest BCUT2D eigenvalue weighted by Crippen LogP contribution is 2.19. The van der Waals surface area contributed by atoms with Crippen LogP contribution in [-0.2, 0) is 4.79 Å². The predicted molar refractivity (Wildman–Crippen MR) is 87.2 cm³/mol. The van der Waals surface area contributed by atoms with Crippen LogP contribution in [0.1, 0.15) is 21.5 Å². The Morgan fingerprint density at radius 1 is 1.00 bits per heavy atom. The highest BCUT2D eigenvalue weighted by molar-refractivity contribution is 6.48. The maximum atomic E-state index is 12.4. The van der Waals surface area contributed by atoms with E-state index in [1.54, 1.807) is 6.20 Å². The van der Waals surface area contributed by atoms with Gasteiger partial charge >= 0.3 is 0 Å². The molecule has 0 saturated heterocycles. The molecule has 0 atom stereocenters. The third kappa shape index (κ3) is 2.63. The quantitative estimate of drug-likeness (QED) is 0.572. The van der Waals surface area contributed by atoms with Gasteiger partial charge in [-0.15, -0.1) is 0 Å². The second-order valence-corrected chi connectivity index (χ2v) is 5.41. The van der Waals surface area contributed by atoms with Crippen LogP contribution in [-0.4, -0.2) is 16.7 Å². The minimum absolute atomic E-state index is 0.387. The number of para-hydroxylation sites is 1. The van der Waals surface area contributed by atoms with E-state index >= 15 is 0 Å². The monoisotopic (exact) mass is 292 g/mol. The van der Waals surface area contributed by atoms with Gasteiger partial charge < -0.3 is 10.3 Å². The number of anilines is 1. The largest absolute Gasteiger partial charge is 0.360 e. The normalized spacial score (nSPS) is 10.6. The van der Waals surface area contributed by atoms with Crippen molar-refractivity contribution in [2.75, 3.05) is 5.32 Å². The number of hydrogen-bond donors (Lipinski definition) is 2. The molecule has 110 valence electrons. The summed E-state index contributed by atoms with van der Waals surface area (Å²) in [6, 6.07) is 13.1. The van der Waals surface area contributed by atoms with Gasteiger partial charge in [-0.25, -0.2) is 0 Å². The van der Waals surface area contributed by atoms with Crippen molar-refractivity contribution in [1.29, 1.82) is 0 Å². The first-order valence-electron chi connectivity index (χ1n) is 7.04. The van der Waals surface area contributed by atoms with Crippen molar-refractivity contribution >= 4 is 28.3 Å². The fourth-order valence-corrected chi connectivity index (χ4v) is 2.62. The average Bonchev–Trinajstić information content (AvgIpc) is 2.89. The van der Waals surface area contributed by atoms with Gasteiger partial charge in [0.1, 0.15) is 0 Å². The number of amides is 1. The topological polar surface area (TPSA) is 62.0 Å². The van der Waals surface area contributed by atoms with Crippen LogP contribution >= 0.6 is 0 Å². The molecule has 0 bridgehead atoms. The minimum atomic E-state index is -0.630. The van der Waals surface area contributed by atoms with Crippen LogP contribution in [0, 0.1) is 13.8 Å². The Balaban J connectivity index is 1.87. The van der Waals surface area contributed by atoms with Crippen LogP contribution in [0.4, 0.5) is 5.69 Å². The van der Waals surface area contributed by atoms with Gasteiger partial charge in [0.25, 0.3) is 11.7 Å². The summed E-state index contributed by atoms with van der Waals surface area (Å²) in [6.07, 6.45) is 1.58. The number of rotatable bonds is 3. The molecule has 0 saturated carbocycles. The van der Waals surface area contributed by atoms with Crippen LogP contribution in [0.3, 0.4) is 0 Å². The summed E-state index contributed by atoms with van der Waals surface area (Å²) in [4.78, 5) is 27.6. The number of ketones is 1. The van der Waals surface area contributed by atoms with Gasteiger partial charge in [0, 0.05) is 22.8 Å². The van der Waals surface area contributed by atoms with Crippen molar-refractivity contribution < 1.29 is 9.59 Å². The molecule has 0 aliphatic heterocycles. The summed E-state index contributed by atoms with van der Waals surface area (Å²) in [5.74, 6) is -1.17. The summed E-state index contributed by atoms with van der Waals surface area (Å²) in [6.45, 7) is 3.90. The van der Waals surface area contributed by atoms with Crippen LogP contribution in [0.5, 0.6) is 0 Å². The second-order valence-electron chi connectivity index (χ2n) is 5.41. The molecule has 0 aliphatic carbocycles. The average molecular weight is 292 g/mol. The van der Waals surface area contributed by atoms with Crippen molar-refractivity contribution in [3.63, 3.8) is 0 Å². The third-order valence-electron chi connectivity index (χ3n) is 3.52. The maximum absolute atomic E-state index is 12.4. The Morgan fingerprint density at radius 2 is 1.68 bits per heavy atom. The Kier molecular flexibility index (Phi) is 3.51. The van der Waals surface area contributed by atoms with Gasteiger partial charge in [-0.1, -0.05) is 24.3 Å². The van der Waals surface area contributed by atoms with Gasteiger partial charge in [-0.2, -0.15) is 0 Å². The molecular formula is C18H16N2O2. The van der Waals surface area contributed by atoms with Crippen LogP contribution in [0.25, 0.3) is 10.9 Å². The minimum Gasteiger partial charge on any atom is -0.360 e. The smallest absolute Gasteiger partial charge is 0.296 e. The zero-order chi connectivity index (χ0) is 15.7. The number of carbonyl (C=O) groups is 2. The molecule has 1 heterocycles. The molecule has 2 aromatic carbocycles. The number of fused-ring (bicyclic) bond motifs is 1. The lowest BCUT2D eigenvalue weighted by Crippen LogP contribution is -2.22. The van der Waals surface area contributed by atoms with Gasteiger partial charge in [0.15, 0.2) is 0 Å². The molecule has 3 rings (SSSR count). The molecule has 0 spiro atoms. The second kappa shape index (κ2) is 5.48. The third-order valence-corrected chi connectivity index (χ3v) is 3.52. The lowest BCUT2D eigenvalue weighted by Gasteiger charge is -2.06. The molecule has 1 aromatic heterocycles. The summed E-state index contributed by atoms with van der Waals surface area (Å²) in [5.41, 5.74) is 3.93. The van der Waals surface area contributed by atoms with Crippen molar-refractivity contribution in [1.82, 2.24) is 4.98 Å². The standard InChI is InChI=1S/C18H16N2O2/c1-11-7-12(2)9-13(8-11)20-18(22)17(21)15-10-19-16-6-4-3-5-14(15)16/h3-10,19H,1-2H3,(H,20,22). The van der Waals surface area contributed by atoms with E-state index in [-0.39, 0.29) is 0 Å². The first-order valence-corrected chi connectivity index (χ1v) is 7.04. The molecule has 0 radical (unpaired) electrons. The Bertz CT molecular complexity index is 857. The van der Waals surface area contributed by atoms with E-state index in [9.17, 15) is 9.59 Å². The molecular weight excluding hydrogens is 276 g/mol. The maximum Gasteiger partial charge on any atom is 0.296 e. The molecule has 3 aromatic rings. The number of carbonyl (C=O) groups excluding carboxylic acids is 2. The van der Waals surface area contributed by atoms with E-state index in [0.29, 0.717) is 11.3 Å². The molecule has 0 fully saturated rings. The number of aromatic nitrogens is 1. The molecule has 0 aliphatic rings. The lowest BCUT2D eigenvalue weighted by molar-refractivity contribution is -0.112. The highest BCUT2D eigenvalue weighted by atomic mass is 16.2. The van der Waals surface area contributed by atoms with Crippen LogP contribution < -0.4 is 5.32 Å². The summed E-state index contributed by atoms with van der Waals surface area (Å²) in [5, 5.41) is 3.43. The summed E-state index contributed by atoms with van der Waals surface area (Å²) in [7, 11) is 0. The van der Waals surface area contributed by atoms with E-state index in [4.69, 9.17) is 0 Å². The van der Waals surface area contributed by atoms with Gasteiger partial charge in [0.2, 0.25) is 0 Å². The number of benzene rings is 2. The van der Waals surface area contributed by atoms with E-state index in [1.165, 1.54) is 0 Å².